The summed E-state index contributed by atoms with van der Waals surface area (Å²) >= 11 is 1.48. The Morgan fingerprint density at radius 2 is 2.23 bits per heavy atom. The Balaban J connectivity index is 2.46. The molecule has 0 aliphatic rings. The van der Waals surface area contributed by atoms with E-state index >= 15 is 0 Å². The number of hydrogen-bond acceptors (Lipinski definition) is 4. The van der Waals surface area contributed by atoms with Gasteiger partial charge >= 0.3 is 0 Å². The first kappa shape index (κ1) is 8.19. The van der Waals surface area contributed by atoms with Crippen molar-refractivity contribution in [2.75, 3.05) is 5.73 Å². The summed E-state index contributed by atoms with van der Waals surface area (Å²) in [6.45, 7) is 1.98. The Bertz CT molecular complexity index is 422. The highest BCUT2D eigenvalue weighted by Gasteiger charge is 2.01. The SMILES string of the molecule is Cc1cc(-c2ccnc(N)c2)sn1. The van der Waals surface area contributed by atoms with Crippen molar-refractivity contribution in [2.24, 2.45) is 0 Å². The van der Waals surface area contributed by atoms with Gasteiger partial charge in [-0.05, 0) is 42.2 Å². The zero-order valence-electron chi connectivity index (χ0n) is 7.19. The van der Waals surface area contributed by atoms with Gasteiger partial charge in [0.1, 0.15) is 5.82 Å². The molecule has 0 aliphatic carbocycles. The lowest BCUT2D eigenvalue weighted by molar-refractivity contribution is 1.33. The molecule has 2 heterocycles. The summed E-state index contributed by atoms with van der Waals surface area (Å²) in [5.41, 5.74) is 7.69. The van der Waals surface area contributed by atoms with Crippen molar-refractivity contribution >= 4 is 17.4 Å². The molecular formula is C9H9N3S. The third kappa shape index (κ3) is 1.67. The van der Waals surface area contributed by atoms with Gasteiger partial charge in [0.25, 0.3) is 0 Å². The summed E-state index contributed by atoms with van der Waals surface area (Å²) in [5, 5.41) is 0. The third-order valence-electron chi connectivity index (χ3n) is 1.69. The first-order valence-electron chi connectivity index (χ1n) is 3.91. The topological polar surface area (TPSA) is 51.8 Å². The number of nitrogens with zero attached hydrogens (tertiary/aromatic N) is 2. The number of aromatic nitrogens is 2. The highest BCUT2D eigenvalue weighted by atomic mass is 32.1. The van der Waals surface area contributed by atoms with Gasteiger partial charge in [-0.2, -0.15) is 4.37 Å². The highest BCUT2D eigenvalue weighted by molar-refractivity contribution is 7.09. The molecule has 2 N–H and O–H groups in total. The molecule has 2 aromatic heterocycles. The van der Waals surface area contributed by atoms with Gasteiger partial charge in [-0.15, -0.1) is 0 Å². The minimum Gasteiger partial charge on any atom is -0.384 e. The van der Waals surface area contributed by atoms with Crippen molar-refractivity contribution in [2.45, 2.75) is 6.92 Å². The van der Waals surface area contributed by atoms with E-state index in [0.29, 0.717) is 5.82 Å². The Labute approximate surface area is 80.4 Å². The van der Waals surface area contributed by atoms with Crippen molar-refractivity contribution in [3.05, 3.63) is 30.1 Å². The zero-order chi connectivity index (χ0) is 9.26. The molecule has 0 aliphatic heterocycles. The molecule has 4 heteroatoms. The molecular weight excluding hydrogens is 182 g/mol. The van der Waals surface area contributed by atoms with E-state index in [2.05, 4.69) is 9.36 Å². The summed E-state index contributed by atoms with van der Waals surface area (Å²) in [6.07, 6.45) is 1.71. The predicted octanol–water partition coefficient (Wildman–Crippen LogP) is 2.10. The minimum absolute atomic E-state index is 0.545. The lowest BCUT2D eigenvalue weighted by Gasteiger charge is -1.96. The average Bonchev–Trinajstić information content (AvgIpc) is 2.52. The molecule has 0 aromatic carbocycles. The standard InChI is InChI=1S/C9H9N3S/c1-6-4-8(13-12-6)7-2-3-11-9(10)5-7/h2-5H,1H3,(H2,10,11). The van der Waals surface area contributed by atoms with Crippen LogP contribution in [0.1, 0.15) is 5.69 Å². The normalized spacial score (nSPS) is 10.2. The van der Waals surface area contributed by atoms with Gasteiger partial charge in [-0.1, -0.05) is 0 Å². The van der Waals surface area contributed by atoms with Crippen molar-refractivity contribution in [3.8, 4) is 10.4 Å². The predicted molar refractivity (Wildman–Crippen MR) is 54.5 cm³/mol. The molecule has 0 atom stereocenters. The Morgan fingerprint density at radius 1 is 1.38 bits per heavy atom. The van der Waals surface area contributed by atoms with E-state index in [1.165, 1.54) is 11.5 Å². The van der Waals surface area contributed by atoms with E-state index in [-0.39, 0.29) is 0 Å². The van der Waals surface area contributed by atoms with Crippen molar-refractivity contribution in [1.82, 2.24) is 9.36 Å². The molecule has 13 heavy (non-hydrogen) atoms. The molecule has 0 fully saturated rings. The largest absolute Gasteiger partial charge is 0.384 e. The fraction of sp³-hybridized carbons (Fsp3) is 0.111. The molecule has 0 unspecified atom stereocenters. The zero-order valence-corrected chi connectivity index (χ0v) is 8.01. The Kier molecular flexibility index (Phi) is 1.98. The van der Waals surface area contributed by atoms with Crippen LogP contribution in [0.3, 0.4) is 0 Å². The summed E-state index contributed by atoms with van der Waals surface area (Å²) in [5.74, 6) is 0.545. The second kappa shape index (κ2) is 3.14. The summed E-state index contributed by atoms with van der Waals surface area (Å²) < 4.78 is 4.20. The van der Waals surface area contributed by atoms with Crippen LogP contribution >= 0.6 is 11.5 Å². The van der Waals surface area contributed by atoms with Gasteiger partial charge in [-0.25, -0.2) is 4.98 Å². The average molecular weight is 191 g/mol. The van der Waals surface area contributed by atoms with Crippen molar-refractivity contribution in [3.63, 3.8) is 0 Å². The van der Waals surface area contributed by atoms with Crippen LogP contribution in [0.4, 0.5) is 5.82 Å². The van der Waals surface area contributed by atoms with Gasteiger partial charge in [0.2, 0.25) is 0 Å². The molecule has 0 amide bonds. The Hall–Kier alpha value is -1.42. The highest BCUT2D eigenvalue weighted by Crippen LogP contribution is 2.24. The quantitative estimate of drug-likeness (QED) is 0.751. The molecule has 0 saturated heterocycles. The van der Waals surface area contributed by atoms with Crippen LogP contribution in [0, 0.1) is 6.92 Å². The number of nitrogen functional groups attached to an aromatic ring is 1. The lowest BCUT2D eigenvalue weighted by Crippen LogP contribution is -1.88. The van der Waals surface area contributed by atoms with Gasteiger partial charge in [0.05, 0.1) is 10.6 Å². The van der Waals surface area contributed by atoms with Crippen LogP contribution in [0.15, 0.2) is 24.4 Å². The number of pyridine rings is 1. The van der Waals surface area contributed by atoms with Crippen molar-refractivity contribution < 1.29 is 0 Å². The number of nitrogens with two attached hydrogens (primary N) is 1. The van der Waals surface area contributed by atoms with E-state index in [4.69, 9.17) is 5.73 Å². The summed E-state index contributed by atoms with van der Waals surface area (Å²) in [7, 11) is 0. The van der Waals surface area contributed by atoms with Crippen LogP contribution in [-0.2, 0) is 0 Å². The van der Waals surface area contributed by atoms with Gasteiger partial charge in [0, 0.05) is 6.20 Å². The first-order chi connectivity index (χ1) is 6.25. The number of hydrogen-bond donors (Lipinski definition) is 1. The monoisotopic (exact) mass is 191 g/mol. The van der Waals surface area contributed by atoms with Gasteiger partial charge in [0.15, 0.2) is 0 Å². The molecule has 0 saturated carbocycles. The lowest BCUT2D eigenvalue weighted by atomic mass is 10.2. The smallest absolute Gasteiger partial charge is 0.123 e. The maximum absolute atomic E-state index is 5.58. The summed E-state index contributed by atoms with van der Waals surface area (Å²) in [4.78, 5) is 5.07. The molecule has 0 bridgehead atoms. The molecule has 0 radical (unpaired) electrons. The van der Waals surface area contributed by atoms with E-state index in [1.807, 2.05) is 25.1 Å². The van der Waals surface area contributed by atoms with Crippen LogP contribution in [0.5, 0.6) is 0 Å². The third-order valence-corrected chi connectivity index (χ3v) is 2.62. The Morgan fingerprint density at radius 3 is 2.85 bits per heavy atom. The molecule has 2 rings (SSSR count). The molecule has 66 valence electrons. The van der Waals surface area contributed by atoms with Gasteiger partial charge < -0.3 is 5.73 Å². The maximum Gasteiger partial charge on any atom is 0.123 e. The fourth-order valence-corrected chi connectivity index (χ4v) is 1.85. The number of aryl methyl sites for hydroxylation is 1. The van der Waals surface area contributed by atoms with Gasteiger partial charge in [-0.3, -0.25) is 0 Å². The van der Waals surface area contributed by atoms with E-state index in [1.54, 1.807) is 6.20 Å². The molecule has 2 aromatic rings. The number of rotatable bonds is 1. The first-order valence-corrected chi connectivity index (χ1v) is 4.68. The van der Waals surface area contributed by atoms with E-state index in [0.717, 1.165) is 16.1 Å². The van der Waals surface area contributed by atoms with E-state index in [9.17, 15) is 0 Å². The second-order valence-electron chi connectivity index (χ2n) is 2.80. The number of anilines is 1. The van der Waals surface area contributed by atoms with Crippen LogP contribution in [-0.4, -0.2) is 9.36 Å². The van der Waals surface area contributed by atoms with E-state index < -0.39 is 0 Å². The maximum atomic E-state index is 5.58. The fourth-order valence-electron chi connectivity index (χ4n) is 1.10. The van der Waals surface area contributed by atoms with Crippen LogP contribution < -0.4 is 5.73 Å². The van der Waals surface area contributed by atoms with Crippen molar-refractivity contribution in [1.29, 1.82) is 0 Å². The van der Waals surface area contributed by atoms with Crippen LogP contribution in [0.25, 0.3) is 10.4 Å². The summed E-state index contributed by atoms with van der Waals surface area (Å²) in [6, 6.07) is 5.83. The molecule has 3 nitrogen and oxygen atoms in total. The van der Waals surface area contributed by atoms with Crippen LogP contribution in [0.2, 0.25) is 0 Å². The second-order valence-corrected chi connectivity index (χ2v) is 3.61. The molecule has 0 spiro atoms. The minimum atomic E-state index is 0.545.